The highest BCUT2D eigenvalue weighted by Gasteiger charge is 2.21. The fraction of sp³-hybridized carbons (Fsp3) is 0.0800. The molecule has 6 aromatic rings. The molecule has 0 spiro atoms. The second-order valence-corrected chi connectivity index (χ2v) is 8.86. The zero-order valence-electron chi connectivity index (χ0n) is 18.5. The van der Waals surface area contributed by atoms with Crippen LogP contribution in [0.5, 0.6) is 0 Å². The predicted molar refractivity (Wildman–Crippen MR) is 134 cm³/mol. The quantitative estimate of drug-likeness (QED) is 0.288. The molecule has 0 aliphatic carbocycles. The van der Waals surface area contributed by atoms with Gasteiger partial charge in [0, 0.05) is 28.6 Å². The Bertz CT molecular complexity index is 1700. The Morgan fingerprint density at radius 2 is 2.03 bits per heavy atom. The lowest BCUT2D eigenvalue weighted by atomic mass is 10.1. The first-order valence-electron chi connectivity index (χ1n) is 10.9. The van der Waals surface area contributed by atoms with Crippen molar-refractivity contribution in [2.24, 2.45) is 0 Å². The standard InChI is InChI=1S/C25H18FN7OS/c1-2-19(34)29-14-9-13(10-27-11-14)22-21(26)20-17(12-28-22)32-33-24(20)25-30-16-6-3-5-15(23(16)31-25)18-7-4-8-35-18/h3-12H,2H2,1H3,(H,29,34)(H,30,31)(H,32,33). The van der Waals surface area contributed by atoms with E-state index in [2.05, 4.69) is 30.5 Å². The van der Waals surface area contributed by atoms with Crippen molar-refractivity contribution in [3.8, 4) is 33.2 Å². The first-order chi connectivity index (χ1) is 17.1. The Labute approximate surface area is 202 Å². The molecule has 1 amide bonds. The Kier molecular flexibility index (Phi) is 5.07. The summed E-state index contributed by atoms with van der Waals surface area (Å²) in [6.45, 7) is 1.75. The molecule has 0 bridgehead atoms. The van der Waals surface area contributed by atoms with E-state index in [1.807, 2.05) is 35.7 Å². The number of H-pyrrole nitrogens is 2. The lowest BCUT2D eigenvalue weighted by Crippen LogP contribution is -2.09. The van der Waals surface area contributed by atoms with E-state index in [4.69, 9.17) is 4.98 Å². The first kappa shape index (κ1) is 21.1. The number of imidazole rings is 1. The topological polar surface area (TPSA) is 112 Å². The van der Waals surface area contributed by atoms with Gasteiger partial charge < -0.3 is 10.3 Å². The molecule has 10 heteroatoms. The summed E-state index contributed by atoms with van der Waals surface area (Å²) in [4.78, 5) is 29.3. The number of pyridine rings is 2. The van der Waals surface area contributed by atoms with E-state index in [-0.39, 0.29) is 17.0 Å². The van der Waals surface area contributed by atoms with Crippen molar-refractivity contribution in [3.05, 3.63) is 66.2 Å². The molecule has 6 rings (SSSR count). The number of aromatic amines is 2. The maximum Gasteiger partial charge on any atom is 0.224 e. The van der Waals surface area contributed by atoms with Crippen LogP contribution in [0.3, 0.4) is 0 Å². The highest BCUT2D eigenvalue weighted by Crippen LogP contribution is 2.35. The Hall–Kier alpha value is -4.44. The number of hydrogen-bond donors (Lipinski definition) is 3. The van der Waals surface area contributed by atoms with Gasteiger partial charge in [-0.05, 0) is 23.6 Å². The van der Waals surface area contributed by atoms with E-state index in [1.54, 1.807) is 24.3 Å². The van der Waals surface area contributed by atoms with Crippen LogP contribution in [0, 0.1) is 5.82 Å². The second-order valence-electron chi connectivity index (χ2n) is 7.91. The van der Waals surface area contributed by atoms with Gasteiger partial charge in [0.05, 0.1) is 40.0 Å². The Morgan fingerprint density at radius 3 is 2.86 bits per heavy atom. The summed E-state index contributed by atoms with van der Waals surface area (Å²) in [6, 6.07) is 11.6. The molecule has 0 atom stereocenters. The predicted octanol–water partition coefficient (Wildman–Crippen LogP) is 5.78. The van der Waals surface area contributed by atoms with Crippen LogP contribution >= 0.6 is 11.3 Å². The number of nitrogens with one attached hydrogen (secondary N) is 3. The number of carbonyl (C=O) groups is 1. The molecule has 172 valence electrons. The third-order valence-corrected chi connectivity index (χ3v) is 6.59. The molecule has 35 heavy (non-hydrogen) atoms. The van der Waals surface area contributed by atoms with Gasteiger partial charge >= 0.3 is 0 Å². The second kappa shape index (κ2) is 8.41. The first-order valence-corrected chi connectivity index (χ1v) is 11.8. The normalized spacial score (nSPS) is 11.4. The van der Waals surface area contributed by atoms with Crippen molar-refractivity contribution in [2.75, 3.05) is 5.32 Å². The van der Waals surface area contributed by atoms with Crippen molar-refractivity contribution in [1.29, 1.82) is 0 Å². The summed E-state index contributed by atoms with van der Waals surface area (Å²) >= 11 is 1.63. The lowest BCUT2D eigenvalue weighted by Gasteiger charge is -2.07. The number of anilines is 1. The van der Waals surface area contributed by atoms with E-state index >= 15 is 4.39 Å². The number of amides is 1. The maximum absolute atomic E-state index is 15.9. The van der Waals surface area contributed by atoms with Crippen molar-refractivity contribution < 1.29 is 9.18 Å². The molecular weight excluding hydrogens is 465 g/mol. The molecule has 0 fully saturated rings. The number of carbonyl (C=O) groups excluding carboxylic acids is 1. The summed E-state index contributed by atoms with van der Waals surface area (Å²) in [6.07, 6.45) is 4.87. The van der Waals surface area contributed by atoms with Crippen LogP contribution in [-0.4, -0.2) is 36.0 Å². The van der Waals surface area contributed by atoms with Crippen molar-refractivity contribution in [2.45, 2.75) is 13.3 Å². The molecule has 1 aromatic carbocycles. The molecule has 0 aliphatic rings. The van der Waals surface area contributed by atoms with E-state index < -0.39 is 5.82 Å². The number of para-hydroxylation sites is 1. The molecular formula is C25H18FN7OS. The molecule has 3 N–H and O–H groups in total. The van der Waals surface area contributed by atoms with Crippen LogP contribution in [0.1, 0.15) is 13.3 Å². The highest BCUT2D eigenvalue weighted by atomic mass is 32.1. The van der Waals surface area contributed by atoms with Crippen molar-refractivity contribution in [1.82, 2.24) is 30.1 Å². The number of fused-ring (bicyclic) bond motifs is 2. The minimum atomic E-state index is -0.550. The van der Waals surface area contributed by atoms with Crippen LogP contribution in [0.4, 0.5) is 10.1 Å². The van der Waals surface area contributed by atoms with E-state index in [0.717, 1.165) is 21.5 Å². The zero-order valence-corrected chi connectivity index (χ0v) is 19.3. The summed E-state index contributed by atoms with van der Waals surface area (Å²) in [5.74, 6) is -0.254. The number of thiophene rings is 1. The van der Waals surface area contributed by atoms with Crippen molar-refractivity contribution in [3.63, 3.8) is 0 Å². The van der Waals surface area contributed by atoms with Crippen LogP contribution < -0.4 is 5.32 Å². The van der Waals surface area contributed by atoms with E-state index in [0.29, 0.717) is 34.7 Å². The van der Waals surface area contributed by atoms with Gasteiger partial charge in [0.1, 0.15) is 11.4 Å². The molecule has 5 heterocycles. The number of rotatable bonds is 5. The fourth-order valence-corrected chi connectivity index (χ4v) is 4.76. The largest absolute Gasteiger partial charge is 0.337 e. The van der Waals surface area contributed by atoms with Crippen LogP contribution in [0.25, 0.3) is 55.2 Å². The molecule has 0 saturated heterocycles. The number of nitrogens with zero attached hydrogens (tertiary/aromatic N) is 4. The van der Waals surface area contributed by atoms with Crippen LogP contribution in [-0.2, 0) is 4.79 Å². The average molecular weight is 484 g/mol. The number of benzene rings is 1. The highest BCUT2D eigenvalue weighted by molar-refractivity contribution is 7.13. The zero-order chi connectivity index (χ0) is 23.9. The molecule has 0 radical (unpaired) electrons. The summed E-state index contributed by atoms with van der Waals surface area (Å²) in [5.41, 5.74) is 4.45. The summed E-state index contributed by atoms with van der Waals surface area (Å²) in [5, 5.41) is 12.2. The molecule has 0 aliphatic heterocycles. The number of aromatic nitrogens is 6. The average Bonchev–Trinajstić information content (AvgIpc) is 3.63. The van der Waals surface area contributed by atoms with Gasteiger partial charge in [-0.15, -0.1) is 11.3 Å². The van der Waals surface area contributed by atoms with Gasteiger partial charge in [0.25, 0.3) is 0 Å². The third kappa shape index (κ3) is 3.64. The SMILES string of the molecule is CCC(=O)Nc1cncc(-c2ncc3[nH]nc(-c4nc5c(-c6cccs6)cccc5[nH]4)c3c2F)c1. The van der Waals surface area contributed by atoms with Crippen LogP contribution in [0.2, 0.25) is 0 Å². The lowest BCUT2D eigenvalue weighted by molar-refractivity contribution is -0.115. The minimum absolute atomic E-state index is 0.107. The summed E-state index contributed by atoms with van der Waals surface area (Å²) < 4.78 is 15.9. The third-order valence-electron chi connectivity index (χ3n) is 5.68. The Balaban J connectivity index is 1.48. The summed E-state index contributed by atoms with van der Waals surface area (Å²) in [7, 11) is 0. The fourth-order valence-electron chi connectivity index (χ4n) is 4.01. The molecule has 5 aromatic heterocycles. The minimum Gasteiger partial charge on any atom is -0.337 e. The smallest absolute Gasteiger partial charge is 0.224 e. The van der Waals surface area contributed by atoms with Gasteiger partial charge in [-0.25, -0.2) is 9.37 Å². The van der Waals surface area contributed by atoms with Gasteiger partial charge in [-0.1, -0.05) is 25.1 Å². The van der Waals surface area contributed by atoms with Gasteiger partial charge in [-0.2, -0.15) is 5.10 Å². The van der Waals surface area contributed by atoms with Gasteiger partial charge in [0.2, 0.25) is 5.91 Å². The van der Waals surface area contributed by atoms with Crippen molar-refractivity contribution >= 4 is 44.9 Å². The van der Waals surface area contributed by atoms with Crippen LogP contribution in [0.15, 0.2) is 60.4 Å². The maximum atomic E-state index is 15.9. The number of hydrogen-bond acceptors (Lipinski definition) is 6. The van der Waals surface area contributed by atoms with E-state index in [9.17, 15) is 4.79 Å². The van der Waals surface area contributed by atoms with E-state index in [1.165, 1.54) is 18.6 Å². The molecule has 0 unspecified atom stereocenters. The number of halogens is 1. The van der Waals surface area contributed by atoms with Gasteiger partial charge in [-0.3, -0.25) is 19.9 Å². The monoisotopic (exact) mass is 483 g/mol. The molecule has 8 nitrogen and oxygen atoms in total. The molecule has 0 saturated carbocycles. The Morgan fingerprint density at radius 1 is 1.11 bits per heavy atom. The van der Waals surface area contributed by atoms with Gasteiger partial charge in [0.15, 0.2) is 11.6 Å².